The van der Waals surface area contributed by atoms with E-state index in [1.165, 1.54) is 23.6 Å². The van der Waals surface area contributed by atoms with Crippen LogP contribution in [0.2, 0.25) is 0 Å². The maximum Gasteiger partial charge on any atom is 0.327 e. The van der Waals surface area contributed by atoms with Crippen molar-refractivity contribution in [3.63, 3.8) is 0 Å². The van der Waals surface area contributed by atoms with Crippen molar-refractivity contribution in [2.75, 3.05) is 7.11 Å². The Morgan fingerprint density at radius 2 is 2.44 bits per heavy atom. The monoisotopic (exact) mass is 285 g/mol. The molecule has 0 fully saturated rings. The molecular formula is C9H11N5O2S2. The SMILES string of the molecule is COC(=O)Cn1nnnc1SCc1cnc(C)s1. The topological polar surface area (TPSA) is 82.8 Å². The highest BCUT2D eigenvalue weighted by Gasteiger charge is 2.11. The third kappa shape index (κ3) is 3.26. The molecule has 2 aromatic heterocycles. The van der Waals surface area contributed by atoms with E-state index in [4.69, 9.17) is 0 Å². The summed E-state index contributed by atoms with van der Waals surface area (Å²) >= 11 is 3.09. The van der Waals surface area contributed by atoms with E-state index in [2.05, 4.69) is 25.2 Å². The Morgan fingerprint density at radius 1 is 1.61 bits per heavy atom. The summed E-state index contributed by atoms with van der Waals surface area (Å²) in [7, 11) is 1.33. The van der Waals surface area contributed by atoms with Crippen molar-refractivity contribution in [2.45, 2.75) is 24.4 Å². The molecule has 0 amide bonds. The third-order valence-corrected chi connectivity index (χ3v) is 4.12. The molecule has 9 heteroatoms. The lowest BCUT2D eigenvalue weighted by atomic mass is 10.6. The smallest absolute Gasteiger partial charge is 0.327 e. The molecule has 7 nitrogen and oxygen atoms in total. The second-order valence-corrected chi connectivity index (χ2v) is 5.59. The number of thiazole rings is 1. The van der Waals surface area contributed by atoms with Gasteiger partial charge in [0.15, 0.2) is 0 Å². The van der Waals surface area contributed by atoms with Gasteiger partial charge in [0.1, 0.15) is 6.54 Å². The van der Waals surface area contributed by atoms with Crippen molar-refractivity contribution >= 4 is 29.1 Å². The molecule has 0 atom stereocenters. The molecule has 96 valence electrons. The molecular weight excluding hydrogens is 274 g/mol. The Balaban J connectivity index is 1.97. The quantitative estimate of drug-likeness (QED) is 0.596. The number of aryl methyl sites for hydroxylation is 1. The highest BCUT2D eigenvalue weighted by Crippen LogP contribution is 2.23. The number of nitrogens with zero attached hydrogens (tertiary/aromatic N) is 5. The fraction of sp³-hybridized carbons (Fsp3) is 0.444. The normalized spacial score (nSPS) is 10.6. The minimum atomic E-state index is -0.377. The first-order chi connectivity index (χ1) is 8.69. The zero-order valence-electron chi connectivity index (χ0n) is 9.86. The van der Waals surface area contributed by atoms with Crippen LogP contribution in [0, 0.1) is 6.92 Å². The Kier molecular flexibility index (Phi) is 4.26. The van der Waals surface area contributed by atoms with Crippen LogP contribution in [0.15, 0.2) is 11.4 Å². The van der Waals surface area contributed by atoms with Gasteiger partial charge in [-0.3, -0.25) is 4.79 Å². The Hall–Kier alpha value is -1.48. The van der Waals surface area contributed by atoms with Crippen molar-refractivity contribution in [2.24, 2.45) is 0 Å². The standard InChI is InChI=1S/C9H11N5O2S2/c1-6-10-3-7(18-6)5-17-9-11-12-13-14(9)4-8(15)16-2/h3H,4-5H2,1-2H3. The first kappa shape index (κ1) is 13.0. The molecule has 0 aromatic carbocycles. The van der Waals surface area contributed by atoms with Crippen LogP contribution >= 0.6 is 23.1 Å². The van der Waals surface area contributed by atoms with Crippen LogP contribution in [-0.4, -0.2) is 38.3 Å². The van der Waals surface area contributed by atoms with E-state index in [0.717, 1.165) is 15.6 Å². The van der Waals surface area contributed by atoms with Gasteiger partial charge in [0, 0.05) is 16.8 Å². The van der Waals surface area contributed by atoms with E-state index < -0.39 is 0 Å². The highest BCUT2D eigenvalue weighted by molar-refractivity contribution is 7.98. The number of ether oxygens (including phenoxy) is 1. The molecule has 0 spiro atoms. The van der Waals surface area contributed by atoms with Gasteiger partial charge in [0.25, 0.3) is 0 Å². The van der Waals surface area contributed by atoms with E-state index in [0.29, 0.717) is 5.16 Å². The first-order valence-electron chi connectivity index (χ1n) is 5.06. The molecule has 0 aliphatic carbocycles. The van der Waals surface area contributed by atoms with Gasteiger partial charge in [-0.2, -0.15) is 0 Å². The summed E-state index contributed by atoms with van der Waals surface area (Å²) in [6, 6.07) is 0. The Morgan fingerprint density at radius 3 is 3.11 bits per heavy atom. The van der Waals surface area contributed by atoms with Gasteiger partial charge < -0.3 is 4.74 Å². The number of carbonyl (C=O) groups is 1. The van der Waals surface area contributed by atoms with E-state index in [9.17, 15) is 4.79 Å². The molecule has 0 saturated carbocycles. The van der Waals surface area contributed by atoms with Crippen LogP contribution in [0.25, 0.3) is 0 Å². The number of hydrogen-bond acceptors (Lipinski definition) is 8. The van der Waals surface area contributed by atoms with Crippen molar-refractivity contribution in [1.82, 2.24) is 25.2 Å². The second kappa shape index (κ2) is 5.91. The summed E-state index contributed by atoms with van der Waals surface area (Å²) in [6.45, 7) is 1.98. The minimum Gasteiger partial charge on any atom is -0.468 e. The van der Waals surface area contributed by atoms with Crippen molar-refractivity contribution in [1.29, 1.82) is 0 Å². The van der Waals surface area contributed by atoms with Crippen LogP contribution in [-0.2, 0) is 21.8 Å². The summed E-state index contributed by atoms with van der Waals surface area (Å²) in [5.41, 5.74) is 0. The molecule has 0 aliphatic rings. The maximum atomic E-state index is 11.2. The largest absolute Gasteiger partial charge is 0.468 e. The maximum absolute atomic E-state index is 11.2. The molecule has 0 radical (unpaired) electrons. The van der Waals surface area contributed by atoms with Gasteiger partial charge in [-0.15, -0.1) is 16.4 Å². The minimum absolute atomic E-state index is 0.0214. The van der Waals surface area contributed by atoms with Crippen LogP contribution in [0.5, 0.6) is 0 Å². The lowest BCUT2D eigenvalue weighted by molar-refractivity contribution is -0.141. The average Bonchev–Trinajstić information content (AvgIpc) is 2.96. The number of thioether (sulfide) groups is 1. The number of rotatable bonds is 5. The van der Waals surface area contributed by atoms with Crippen LogP contribution in [0.3, 0.4) is 0 Å². The van der Waals surface area contributed by atoms with E-state index in [-0.39, 0.29) is 12.5 Å². The average molecular weight is 285 g/mol. The zero-order valence-corrected chi connectivity index (χ0v) is 11.5. The molecule has 2 heterocycles. The van der Waals surface area contributed by atoms with Crippen molar-refractivity contribution in [3.8, 4) is 0 Å². The molecule has 2 rings (SSSR count). The molecule has 0 aliphatic heterocycles. The number of carbonyl (C=O) groups excluding carboxylic acids is 1. The van der Waals surface area contributed by atoms with Crippen LogP contribution in [0.4, 0.5) is 0 Å². The lowest BCUT2D eigenvalue weighted by Gasteiger charge is -2.01. The number of tetrazole rings is 1. The van der Waals surface area contributed by atoms with Crippen LogP contribution < -0.4 is 0 Å². The Labute approximate surface area is 112 Å². The predicted molar refractivity (Wildman–Crippen MR) is 66.2 cm³/mol. The van der Waals surface area contributed by atoms with Crippen LogP contribution in [0.1, 0.15) is 9.88 Å². The fourth-order valence-corrected chi connectivity index (χ4v) is 2.89. The second-order valence-electron chi connectivity index (χ2n) is 3.33. The van der Waals surface area contributed by atoms with Crippen molar-refractivity contribution in [3.05, 3.63) is 16.1 Å². The first-order valence-corrected chi connectivity index (χ1v) is 6.86. The zero-order chi connectivity index (χ0) is 13.0. The van der Waals surface area contributed by atoms with E-state index in [1.807, 2.05) is 13.1 Å². The molecule has 0 N–H and O–H groups in total. The number of hydrogen-bond donors (Lipinski definition) is 0. The molecule has 0 bridgehead atoms. The third-order valence-electron chi connectivity index (χ3n) is 2.02. The van der Waals surface area contributed by atoms with Gasteiger partial charge in [0.2, 0.25) is 5.16 Å². The fourth-order valence-electron chi connectivity index (χ4n) is 1.19. The van der Waals surface area contributed by atoms with Gasteiger partial charge in [-0.25, -0.2) is 9.67 Å². The summed E-state index contributed by atoms with van der Waals surface area (Å²) in [4.78, 5) is 16.5. The lowest BCUT2D eigenvalue weighted by Crippen LogP contribution is -2.13. The summed E-state index contributed by atoms with van der Waals surface area (Å²) in [5.74, 6) is 0.352. The number of methoxy groups -OCH3 is 1. The molecule has 0 saturated heterocycles. The molecule has 2 aromatic rings. The summed E-state index contributed by atoms with van der Waals surface area (Å²) in [5, 5.41) is 12.8. The highest BCUT2D eigenvalue weighted by atomic mass is 32.2. The van der Waals surface area contributed by atoms with Gasteiger partial charge in [-0.05, 0) is 17.4 Å². The molecule has 0 unspecified atom stereocenters. The van der Waals surface area contributed by atoms with Crippen molar-refractivity contribution < 1.29 is 9.53 Å². The van der Waals surface area contributed by atoms with Gasteiger partial charge in [-0.1, -0.05) is 11.8 Å². The summed E-state index contributed by atoms with van der Waals surface area (Å²) < 4.78 is 5.99. The van der Waals surface area contributed by atoms with Gasteiger partial charge >= 0.3 is 5.97 Å². The number of aromatic nitrogens is 5. The number of esters is 1. The summed E-state index contributed by atoms with van der Waals surface area (Å²) in [6.07, 6.45) is 1.83. The van der Waals surface area contributed by atoms with E-state index in [1.54, 1.807) is 11.3 Å². The Bertz CT molecular complexity index is 539. The van der Waals surface area contributed by atoms with Gasteiger partial charge in [0.05, 0.1) is 12.1 Å². The molecule has 18 heavy (non-hydrogen) atoms. The van der Waals surface area contributed by atoms with E-state index >= 15 is 0 Å². The predicted octanol–water partition coefficient (Wildman–Crippen LogP) is 0.903.